The summed E-state index contributed by atoms with van der Waals surface area (Å²) in [4.78, 5) is 29.3. The molecule has 0 atom stereocenters. The second-order valence-electron chi connectivity index (χ2n) is 3.26. The average Bonchev–Trinajstić information content (AvgIpc) is 2.61. The van der Waals surface area contributed by atoms with Crippen molar-refractivity contribution in [3.05, 3.63) is 34.1 Å². The molecule has 0 aliphatic heterocycles. The zero-order valence-corrected chi connectivity index (χ0v) is 8.98. The lowest BCUT2D eigenvalue weighted by Crippen LogP contribution is -2.14. The van der Waals surface area contributed by atoms with Crippen molar-refractivity contribution in [2.24, 2.45) is 0 Å². The van der Waals surface area contributed by atoms with Crippen molar-refractivity contribution in [1.29, 1.82) is 0 Å². The number of hydrogen-bond acceptors (Lipinski definition) is 4. The van der Waals surface area contributed by atoms with E-state index in [0.29, 0.717) is 23.8 Å². The molecule has 0 fully saturated rings. The summed E-state index contributed by atoms with van der Waals surface area (Å²) in [7, 11) is 0. The smallest absolute Gasteiger partial charge is 0.356 e. The first-order valence-corrected chi connectivity index (χ1v) is 4.88. The maximum Gasteiger partial charge on any atom is 0.356 e. The number of esters is 1. The number of H-pyrrole nitrogens is 1. The second kappa shape index (κ2) is 3.80. The van der Waals surface area contributed by atoms with E-state index in [0.717, 1.165) is 0 Å². The summed E-state index contributed by atoms with van der Waals surface area (Å²) in [6, 6.07) is 1.33. The molecule has 0 bridgehead atoms. The molecule has 6 nitrogen and oxygen atoms in total. The topological polar surface area (TPSA) is 76.5 Å². The van der Waals surface area contributed by atoms with Crippen LogP contribution in [0.15, 0.2) is 17.1 Å². The molecule has 0 spiro atoms. The van der Waals surface area contributed by atoms with Gasteiger partial charge in [-0.05, 0) is 13.8 Å². The van der Waals surface area contributed by atoms with Gasteiger partial charge in [0.2, 0.25) is 0 Å². The van der Waals surface area contributed by atoms with Crippen molar-refractivity contribution in [2.45, 2.75) is 13.8 Å². The van der Waals surface area contributed by atoms with E-state index >= 15 is 0 Å². The predicted molar refractivity (Wildman–Crippen MR) is 56.5 cm³/mol. The van der Waals surface area contributed by atoms with E-state index in [1.54, 1.807) is 18.2 Å². The van der Waals surface area contributed by atoms with Crippen LogP contribution in [0.5, 0.6) is 0 Å². The van der Waals surface area contributed by atoms with Crippen LogP contribution in [-0.4, -0.2) is 26.9 Å². The van der Waals surface area contributed by atoms with Gasteiger partial charge in [0.1, 0.15) is 11.5 Å². The fourth-order valence-corrected chi connectivity index (χ4v) is 1.57. The van der Waals surface area contributed by atoms with Crippen LogP contribution < -0.4 is 5.56 Å². The molecule has 6 heteroatoms. The van der Waals surface area contributed by atoms with Gasteiger partial charge in [-0.1, -0.05) is 0 Å². The lowest BCUT2D eigenvalue weighted by molar-refractivity contribution is 0.0518. The number of fused-ring (bicyclic) bond motifs is 1. The molecule has 0 saturated heterocycles. The van der Waals surface area contributed by atoms with Crippen LogP contribution in [0.25, 0.3) is 5.65 Å². The van der Waals surface area contributed by atoms with Crippen molar-refractivity contribution in [3.63, 3.8) is 0 Å². The Bertz CT molecular complexity index is 597. The lowest BCUT2D eigenvalue weighted by atomic mass is 10.4. The molecular weight excluding hydrogens is 210 g/mol. The highest BCUT2D eigenvalue weighted by Gasteiger charge is 2.14. The first-order valence-electron chi connectivity index (χ1n) is 4.88. The minimum Gasteiger partial charge on any atom is -0.461 e. The van der Waals surface area contributed by atoms with Crippen LogP contribution in [-0.2, 0) is 4.74 Å². The van der Waals surface area contributed by atoms with E-state index in [1.165, 1.54) is 12.3 Å². The Hall–Kier alpha value is -2.11. The van der Waals surface area contributed by atoms with Gasteiger partial charge >= 0.3 is 5.97 Å². The fraction of sp³-hybridized carbons (Fsp3) is 0.300. The van der Waals surface area contributed by atoms with Crippen LogP contribution in [0.2, 0.25) is 0 Å². The molecule has 84 valence electrons. The Morgan fingerprint density at radius 2 is 2.38 bits per heavy atom. The molecule has 0 radical (unpaired) electrons. The van der Waals surface area contributed by atoms with Crippen LogP contribution in [0, 0.1) is 6.92 Å². The number of carbonyl (C=O) groups is 1. The zero-order chi connectivity index (χ0) is 11.7. The van der Waals surface area contributed by atoms with Gasteiger partial charge in [-0.15, -0.1) is 0 Å². The number of rotatable bonds is 2. The third kappa shape index (κ3) is 1.58. The molecule has 0 aliphatic rings. The number of aromatic amines is 1. The predicted octanol–water partition coefficient (Wildman–Crippen LogP) is 0.508. The van der Waals surface area contributed by atoms with Crippen LogP contribution in [0.1, 0.15) is 23.2 Å². The van der Waals surface area contributed by atoms with Crippen molar-refractivity contribution in [1.82, 2.24) is 14.4 Å². The molecule has 0 aromatic carbocycles. The Kier molecular flexibility index (Phi) is 2.47. The number of nitrogens with one attached hydrogen (secondary N) is 1. The van der Waals surface area contributed by atoms with E-state index in [2.05, 4.69) is 9.97 Å². The molecule has 2 aromatic rings. The first-order chi connectivity index (χ1) is 7.63. The highest BCUT2D eigenvalue weighted by Crippen LogP contribution is 2.07. The number of carbonyl (C=O) groups excluding carboxylic acids is 1. The Morgan fingerprint density at radius 3 is 3.06 bits per heavy atom. The summed E-state index contributed by atoms with van der Waals surface area (Å²) in [6.07, 6.45) is 1.50. The molecule has 0 aliphatic carbocycles. The van der Waals surface area contributed by atoms with Gasteiger partial charge < -0.3 is 9.72 Å². The molecule has 16 heavy (non-hydrogen) atoms. The SMILES string of the molecule is CCOC(=O)c1c[nH]c2cc(=O)nc(C)n12. The van der Waals surface area contributed by atoms with Gasteiger partial charge in [0.25, 0.3) is 5.56 Å². The van der Waals surface area contributed by atoms with E-state index < -0.39 is 5.97 Å². The molecule has 2 rings (SSSR count). The maximum absolute atomic E-state index is 11.6. The lowest BCUT2D eigenvalue weighted by Gasteiger charge is -2.03. The molecule has 1 N–H and O–H groups in total. The molecule has 0 saturated carbocycles. The number of ether oxygens (including phenoxy) is 1. The summed E-state index contributed by atoms with van der Waals surface area (Å²) in [5.41, 5.74) is 0.525. The fourth-order valence-electron chi connectivity index (χ4n) is 1.57. The minimum absolute atomic E-state index is 0.304. The van der Waals surface area contributed by atoms with E-state index in [4.69, 9.17) is 4.74 Å². The monoisotopic (exact) mass is 221 g/mol. The van der Waals surface area contributed by atoms with Gasteiger partial charge in [-0.3, -0.25) is 9.20 Å². The number of imidazole rings is 1. The molecule has 2 heterocycles. The number of nitrogens with zero attached hydrogens (tertiary/aromatic N) is 2. The summed E-state index contributed by atoms with van der Waals surface area (Å²) in [6.45, 7) is 3.70. The maximum atomic E-state index is 11.6. The molecular formula is C10H11N3O3. The molecule has 0 amide bonds. The van der Waals surface area contributed by atoms with Gasteiger partial charge in [-0.2, -0.15) is 4.98 Å². The highest BCUT2D eigenvalue weighted by atomic mass is 16.5. The Balaban J connectivity index is 2.65. The van der Waals surface area contributed by atoms with E-state index in [9.17, 15) is 9.59 Å². The zero-order valence-electron chi connectivity index (χ0n) is 8.98. The molecule has 2 aromatic heterocycles. The van der Waals surface area contributed by atoms with Crippen LogP contribution in [0.4, 0.5) is 0 Å². The van der Waals surface area contributed by atoms with Gasteiger partial charge in [0.15, 0.2) is 5.69 Å². The third-order valence-corrected chi connectivity index (χ3v) is 2.18. The second-order valence-corrected chi connectivity index (χ2v) is 3.26. The molecule has 0 unspecified atom stereocenters. The normalized spacial score (nSPS) is 10.6. The summed E-state index contributed by atoms with van der Waals surface area (Å²) < 4.78 is 6.45. The van der Waals surface area contributed by atoms with Crippen molar-refractivity contribution in [2.75, 3.05) is 6.61 Å². The summed E-state index contributed by atoms with van der Waals surface area (Å²) >= 11 is 0. The quantitative estimate of drug-likeness (QED) is 0.749. The Labute approximate surface area is 90.9 Å². The highest BCUT2D eigenvalue weighted by molar-refractivity contribution is 5.88. The number of aryl methyl sites for hydroxylation is 1. The van der Waals surface area contributed by atoms with Crippen LogP contribution >= 0.6 is 0 Å². The number of aromatic nitrogens is 3. The van der Waals surface area contributed by atoms with Gasteiger partial charge in [-0.25, -0.2) is 4.79 Å². The van der Waals surface area contributed by atoms with Gasteiger partial charge in [0, 0.05) is 12.3 Å². The van der Waals surface area contributed by atoms with Crippen molar-refractivity contribution in [3.8, 4) is 0 Å². The third-order valence-electron chi connectivity index (χ3n) is 2.18. The van der Waals surface area contributed by atoms with E-state index in [-0.39, 0.29) is 5.56 Å². The Morgan fingerprint density at radius 1 is 1.62 bits per heavy atom. The van der Waals surface area contributed by atoms with E-state index in [1.807, 2.05) is 0 Å². The summed E-state index contributed by atoms with van der Waals surface area (Å²) in [5.74, 6) is 0.00843. The standard InChI is InChI=1S/C10H11N3O3/c1-3-16-10(15)7-5-11-8-4-9(14)12-6(2)13(7)8/h4-5,11H,3H2,1-2H3. The van der Waals surface area contributed by atoms with Crippen molar-refractivity contribution >= 4 is 11.6 Å². The van der Waals surface area contributed by atoms with Crippen LogP contribution in [0.3, 0.4) is 0 Å². The number of hydrogen-bond donors (Lipinski definition) is 1. The average molecular weight is 221 g/mol. The van der Waals surface area contributed by atoms with Gasteiger partial charge in [0.05, 0.1) is 6.61 Å². The summed E-state index contributed by atoms with van der Waals surface area (Å²) in [5, 5.41) is 0. The largest absolute Gasteiger partial charge is 0.461 e. The van der Waals surface area contributed by atoms with Crippen molar-refractivity contribution < 1.29 is 9.53 Å². The first kappa shape index (κ1) is 10.4. The minimum atomic E-state index is -0.442.